The van der Waals surface area contributed by atoms with Crippen LogP contribution in [0.25, 0.3) is 0 Å². The zero-order valence-corrected chi connectivity index (χ0v) is 28.9. The Morgan fingerprint density at radius 1 is 0.824 bits per heavy atom. The van der Waals surface area contributed by atoms with Crippen molar-refractivity contribution in [2.75, 3.05) is 18.6 Å². The van der Waals surface area contributed by atoms with Crippen molar-refractivity contribution in [1.82, 2.24) is 4.31 Å². The number of aliphatic hydroxyl groups excluding tert-OH is 1. The maximum absolute atomic E-state index is 14.7. The Morgan fingerprint density at radius 3 is 2.12 bits per heavy atom. The lowest BCUT2D eigenvalue weighted by atomic mass is 9.84. The number of hydrogen-bond acceptors (Lipinski definition) is 6. The van der Waals surface area contributed by atoms with Crippen LogP contribution in [0, 0.1) is 29.1 Å². The molecule has 0 unspecified atom stereocenters. The van der Waals surface area contributed by atoms with Crippen molar-refractivity contribution in [3.05, 3.63) is 124 Å². The Hall–Kier alpha value is -4.26. The number of carbonyl (C=O) groups excluding carboxylic acids is 2. The van der Waals surface area contributed by atoms with Crippen molar-refractivity contribution >= 4 is 29.8 Å². The zero-order chi connectivity index (χ0) is 36.5. The van der Waals surface area contributed by atoms with E-state index >= 15 is 0 Å². The van der Waals surface area contributed by atoms with Gasteiger partial charge in [-0.3, -0.25) is 9.59 Å². The molecular weight excluding hydrogens is 687 g/mol. The molecule has 0 bridgehead atoms. The van der Waals surface area contributed by atoms with Gasteiger partial charge in [0.1, 0.15) is 17.3 Å². The lowest BCUT2D eigenvalue weighted by molar-refractivity contribution is -0.121. The van der Waals surface area contributed by atoms with E-state index in [0.717, 1.165) is 31.1 Å². The molecule has 0 spiro atoms. The largest absolute Gasteiger partial charge is 0.488 e. The lowest BCUT2D eigenvalue weighted by Crippen LogP contribution is -2.43. The van der Waals surface area contributed by atoms with E-state index in [9.17, 15) is 31.5 Å². The van der Waals surface area contributed by atoms with Crippen LogP contribution in [0.2, 0.25) is 0 Å². The monoisotopic (exact) mass is 726 g/mol. The van der Waals surface area contributed by atoms with Crippen LogP contribution in [0.4, 0.5) is 27.6 Å². The summed E-state index contributed by atoms with van der Waals surface area (Å²) in [4.78, 5) is 26.8. The van der Waals surface area contributed by atoms with Crippen LogP contribution >= 0.6 is 11.9 Å². The summed E-state index contributed by atoms with van der Waals surface area (Å²) in [5.74, 6) is -9.89. The number of hydrogen-bond donors (Lipinski definition) is 1. The summed E-state index contributed by atoms with van der Waals surface area (Å²) in [5.41, 5.74) is 3.66. The maximum Gasteiger partial charge on any atom is 0.245 e. The highest BCUT2D eigenvalue weighted by Gasteiger charge is 2.38. The van der Waals surface area contributed by atoms with Gasteiger partial charge in [0.25, 0.3) is 0 Å². The summed E-state index contributed by atoms with van der Waals surface area (Å²) in [5, 5.41) is 7.00. The Labute approximate surface area is 298 Å². The average Bonchev–Trinajstić information content (AvgIpc) is 3.66. The number of amides is 1. The number of aldehydes is 1. The van der Waals surface area contributed by atoms with Gasteiger partial charge < -0.3 is 14.7 Å². The van der Waals surface area contributed by atoms with Crippen molar-refractivity contribution in [3.63, 3.8) is 0 Å². The molecule has 1 saturated carbocycles. The van der Waals surface area contributed by atoms with Crippen molar-refractivity contribution in [1.29, 1.82) is 0 Å². The van der Waals surface area contributed by atoms with Crippen molar-refractivity contribution in [2.24, 2.45) is 0 Å². The molecule has 6 rings (SSSR count). The molecule has 2 aliphatic rings. The molecule has 0 radical (unpaired) electrons. The Morgan fingerprint density at radius 2 is 1.47 bits per heavy atom. The predicted molar refractivity (Wildman–Crippen MR) is 186 cm³/mol. The molecule has 1 N–H and O–H groups in total. The number of nitrogens with zero attached hydrogens (tertiary/aromatic N) is 2. The normalized spacial score (nSPS) is 16.3. The third-order valence-electron chi connectivity index (χ3n) is 9.20. The second-order valence-electron chi connectivity index (χ2n) is 12.4. The summed E-state index contributed by atoms with van der Waals surface area (Å²) in [6.07, 6.45) is 7.32. The smallest absolute Gasteiger partial charge is 0.245 e. The number of halogens is 5. The van der Waals surface area contributed by atoms with E-state index in [1.54, 1.807) is 18.2 Å². The van der Waals surface area contributed by atoms with Crippen LogP contribution in [0.5, 0.6) is 5.75 Å². The van der Waals surface area contributed by atoms with Crippen molar-refractivity contribution in [3.8, 4) is 5.75 Å². The van der Waals surface area contributed by atoms with E-state index in [4.69, 9.17) is 9.84 Å². The fraction of sp³-hybridized carbons (Fsp3) is 0.333. The fourth-order valence-electron chi connectivity index (χ4n) is 6.52. The highest BCUT2D eigenvalue weighted by atomic mass is 32.2. The standard InChI is InChI=1S/C38H35F5N2O3S.CH4O/c39-32-33(40)35(42)37(36(43)34(32)41)49-45-19-7-12-30(45)38(47)44(21-24-13-15-27(16-14-24)26-10-5-2-6-11-26)29-18-17-28(22-46)31(20-29)48-23-25-8-3-1-4-9-25;1-2/h1,3-4,8-9,13-18,20,22,26,30H,2,5-7,10-12,19,21,23H2;2H,1H3/t30-;/m1./s1. The van der Waals surface area contributed by atoms with E-state index < -0.39 is 45.9 Å². The van der Waals surface area contributed by atoms with Crippen molar-refractivity contribution < 1.29 is 41.4 Å². The Bertz CT molecular complexity index is 1780. The fourth-order valence-corrected chi connectivity index (χ4v) is 7.63. The summed E-state index contributed by atoms with van der Waals surface area (Å²) >= 11 is 0.348. The van der Waals surface area contributed by atoms with Crippen LogP contribution in [0.15, 0.2) is 77.7 Å². The molecule has 6 nitrogen and oxygen atoms in total. The molecule has 1 amide bonds. The number of ether oxygens (including phenoxy) is 1. The molecule has 2 fully saturated rings. The van der Waals surface area contributed by atoms with E-state index in [1.807, 2.05) is 42.5 Å². The molecule has 270 valence electrons. The van der Waals surface area contributed by atoms with E-state index in [2.05, 4.69) is 12.1 Å². The molecule has 1 saturated heterocycles. The quantitative estimate of drug-likeness (QED) is 0.0547. The number of carbonyl (C=O) groups is 2. The van der Waals surface area contributed by atoms with Gasteiger partial charge in [-0.15, -0.1) is 0 Å². The first-order chi connectivity index (χ1) is 24.7. The van der Waals surface area contributed by atoms with E-state index in [-0.39, 0.29) is 31.0 Å². The summed E-state index contributed by atoms with van der Waals surface area (Å²) < 4.78 is 78.6. The van der Waals surface area contributed by atoms with Crippen LogP contribution < -0.4 is 9.64 Å². The zero-order valence-electron chi connectivity index (χ0n) is 28.1. The number of rotatable bonds is 11. The number of aliphatic hydroxyl groups is 1. The molecule has 1 heterocycles. The molecule has 1 aliphatic carbocycles. The molecule has 0 aromatic heterocycles. The summed E-state index contributed by atoms with van der Waals surface area (Å²) in [6.45, 7) is 0.483. The van der Waals surface area contributed by atoms with Gasteiger partial charge in [0.05, 0.1) is 18.2 Å². The first kappa shape index (κ1) is 38.0. The van der Waals surface area contributed by atoms with Gasteiger partial charge in [-0.25, -0.2) is 26.3 Å². The highest BCUT2D eigenvalue weighted by molar-refractivity contribution is 7.97. The molecule has 1 aliphatic heterocycles. The van der Waals surface area contributed by atoms with Gasteiger partial charge in [0.15, 0.2) is 29.6 Å². The van der Waals surface area contributed by atoms with Gasteiger partial charge in [-0.1, -0.05) is 73.9 Å². The lowest BCUT2D eigenvalue weighted by Gasteiger charge is -2.30. The van der Waals surface area contributed by atoms with Gasteiger partial charge in [-0.2, -0.15) is 0 Å². The highest BCUT2D eigenvalue weighted by Crippen LogP contribution is 2.39. The van der Waals surface area contributed by atoms with Gasteiger partial charge >= 0.3 is 0 Å². The van der Waals surface area contributed by atoms with Crippen LogP contribution in [0.3, 0.4) is 0 Å². The van der Waals surface area contributed by atoms with Gasteiger partial charge in [-0.05, 0) is 72.4 Å². The molecule has 4 aromatic rings. The average molecular weight is 727 g/mol. The predicted octanol–water partition coefficient (Wildman–Crippen LogP) is 9.13. The molecule has 1 atom stereocenters. The van der Waals surface area contributed by atoms with E-state index in [0.29, 0.717) is 42.7 Å². The third-order valence-corrected chi connectivity index (χ3v) is 10.4. The Kier molecular flexibility index (Phi) is 13.2. The molecule has 12 heteroatoms. The minimum atomic E-state index is -2.24. The molecule has 4 aromatic carbocycles. The Balaban J connectivity index is 0.00000248. The summed E-state index contributed by atoms with van der Waals surface area (Å²) in [6, 6.07) is 21.4. The van der Waals surface area contributed by atoms with Crippen LogP contribution in [-0.4, -0.2) is 41.3 Å². The molecule has 51 heavy (non-hydrogen) atoms. The second kappa shape index (κ2) is 17.8. The minimum absolute atomic E-state index is 0.125. The number of benzene rings is 4. The van der Waals surface area contributed by atoms with Crippen molar-refractivity contribution in [2.45, 2.75) is 75.0 Å². The van der Waals surface area contributed by atoms with Crippen LogP contribution in [0.1, 0.15) is 77.9 Å². The minimum Gasteiger partial charge on any atom is -0.488 e. The summed E-state index contributed by atoms with van der Waals surface area (Å²) in [7, 11) is 1.00. The third kappa shape index (κ3) is 8.80. The second-order valence-corrected chi connectivity index (χ2v) is 13.5. The molecular formula is C39H39F5N2O4S. The van der Waals surface area contributed by atoms with Gasteiger partial charge in [0.2, 0.25) is 11.7 Å². The SMILES string of the molecule is CO.O=Cc1ccc(N(Cc2ccc(C3CCCCC3)cc2)C(=O)[C@H]2CCCN2Sc2c(F)c(F)c(F)c(F)c2F)cc1OCc1ccccc1. The van der Waals surface area contributed by atoms with Gasteiger partial charge in [0, 0.05) is 25.4 Å². The maximum atomic E-state index is 14.7. The van der Waals surface area contributed by atoms with E-state index in [1.165, 1.54) is 34.0 Å². The van der Waals surface area contributed by atoms with Crippen LogP contribution in [-0.2, 0) is 17.9 Å². The first-order valence-corrected chi connectivity index (χ1v) is 17.6. The number of anilines is 1. The first-order valence-electron chi connectivity index (χ1n) is 16.8. The topological polar surface area (TPSA) is 70.1 Å².